The van der Waals surface area contributed by atoms with Gasteiger partial charge in [-0.1, -0.05) is 0 Å². The predicted molar refractivity (Wildman–Crippen MR) is 29.2 cm³/mol. The Balaban J connectivity index is 3.34. The van der Waals surface area contributed by atoms with Crippen LogP contribution in [0.15, 0.2) is 5.10 Å². The van der Waals surface area contributed by atoms with Crippen LogP contribution in [0.2, 0.25) is 0 Å². The first-order valence-corrected chi connectivity index (χ1v) is 1.78. The van der Waals surface area contributed by atoms with Crippen molar-refractivity contribution in [2.24, 2.45) is 10.8 Å². The molecule has 0 aliphatic rings. The molecule has 0 aliphatic heterocycles. The van der Waals surface area contributed by atoms with Crippen LogP contribution in [0.25, 0.3) is 0 Å². The fourth-order valence-corrected chi connectivity index (χ4v) is 0.131. The second kappa shape index (κ2) is 3.61. The Morgan fingerprint density at radius 1 is 2.00 bits per heavy atom. The number of nitrogens with zero attached hydrogens (tertiary/aromatic N) is 2. The van der Waals surface area contributed by atoms with Crippen LogP contribution >= 0.6 is 0 Å². The molecule has 5 heteroatoms. The molecule has 42 valence electrons. The van der Waals surface area contributed by atoms with Crippen LogP contribution in [-0.2, 0) is 0 Å². The molecular weight excluding hydrogens is 106 g/mol. The van der Waals surface area contributed by atoms with Crippen LogP contribution in [0.1, 0.15) is 0 Å². The number of hydrazone groups is 1. The third-order valence-corrected chi connectivity index (χ3v) is 0.307. The zero-order valence-electron chi connectivity index (χ0n) is 4.05. The van der Waals surface area contributed by atoms with Gasteiger partial charge >= 0.3 is 0 Å². The van der Waals surface area contributed by atoms with Gasteiger partial charge in [-0.3, -0.25) is 5.41 Å². The van der Waals surface area contributed by atoms with Gasteiger partial charge in [-0.2, -0.15) is 10.4 Å². The van der Waals surface area contributed by atoms with Crippen LogP contribution < -0.4 is 11.2 Å². The summed E-state index contributed by atoms with van der Waals surface area (Å²) in [6, 6.07) is 1.62. The predicted octanol–water partition coefficient (Wildman–Crippen LogP) is -1.02. The molecule has 0 bridgehead atoms. The summed E-state index contributed by atoms with van der Waals surface area (Å²) in [7, 11) is 0. The van der Waals surface area contributed by atoms with E-state index in [1.54, 1.807) is 6.07 Å². The second-order valence-electron chi connectivity index (χ2n) is 0.913. The molecule has 0 aliphatic carbocycles. The molecule has 8 heavy (non-hydrogen) atoms. The van der Waals surface area contributed by atoms with Crippen molar-refractivity contribution in [2.75, 3.05) is 0 Å². The zero-order chi connectivity index (χ0) is 6.41. The lowest BCUT2D eigenvalue weighted by atomic mass is 10.9. The van der Waals surface area contributed by atoms with E-state index in [0.29, 0.717) is 0 Å². The number of guanidine groups is 1. The van der Waals surface area contributed by atoms with E-state index in [1.165, 1.54) is 0 Å². The average Bonchev–Trinajstić information content (AvgIpc) is 1.66. The topological polar surface area (TPSA) is 98.0 Å². The van der Waals surface area contributed by atoms with E-state index < -0.39 is 0 Å². The highest BCUT2D eigenvalue weighted by molar-refractivity contribution is 5.79. The molecular formula is C3H5N5. The van der Waals surface area contributed by atoms with Crippen LogP contribution in [0.5, 0.6) is 0 Å². The van der Waals surface area contributed by atoms with E-state index in [-0.39, 0.29) is 5.96 Å². The maximum Gasteiger partial charge on any atom is 0.206 e. The van der Waals surface area contributed by atoms with Gasteiger partial charge < -0.3 is 5.73 Å². The van der Waals surface area contributed by atoms with Crippen molar-refractivity contribution in [3.8, 4) is 6.07 Å². The summed E-state index contributed by atoms with van der Waals surface area (Å²) in [5, 5.41) is 17.5. The van der Waals surface area contributed by atoms with Crippen LogP contribution in [0.3, 0.4) is 0 Å². The highest BCUT2D eigenvalue weighted by Gasteiger charge is 1.74. The van der Waals surface area contributed by atoms with E-state index in [2.05, 4.69) is 10.5 Å². The Morgan fingerprint density at radius 2 is 2.62 bits per heavy atom. The summed E-state index contributed by atoms with van der Waals surface area (Å²) < 4.78 is 0. The quantitative estimate of drug-likeness (QED) is 0.229. The first-order valence-electron chi connectivity index (χ1n) is 1.78. The molecule has 5 nitrogen and oxygen atoms in total. The van der Waals surface area contributed by atoms with Crippen molar-refractivity contribution in [3.63, 3.8) is 0 Å². The molecule has 4 N–H and O–H groups in total. The third-order valence-electron chi connectivity index (χ3n) is 0.307. The molecule has 0 spiro atoms. The summed E-state index contributed by atoms with van der Waals surface area (Å²) in [6.45, 7) is 0. The van der Waals surface area contributed by atoms with Gasteiger partial charge in [0.25, 0.3) is 0 Å². The molecule has 0 saturated carbocycles. The Kier molecular flexibility index (Phi) is 2.90. The minimum atomic E-state index is -0.281. The molecule has 0 fully saturated rings. The van der Waals surface area contributed by atoms with Gasteiger partial charge in [-0.15, -0.1) is 0 Å². The van der Waals surface area contributed by atoms with E-state index in [0.717, 1.165) is 6.21 Å². The average molecular weight is 111 g/mol. The van der Waals surface area contributed by atoms with Crippen LogP contribution in [0.4, 0.5) is 0 Å². The number of nitrogens with one attached hydrogen (secondary N) is 2. The SMILES string of the molecule is N#CC=NNC(=N)N. The fraction of sp³-hybridized carbons (Fsp3) is 0. The smallest absolute Gasteiger partial charge is 0.206 e. The van der Waals surface area contributed by atoms with Gasteiger partial charge in [0.15, 0.2) is 0 Å². The Morgan fingerprint density at radius 3 is 3.00 bits per heavy atom. The van der Waals surface area contributed by atoms with E-state index in [9.17, 15) is 0 Å². The lowest BCUT2D eigenvalue weighted by Gasteiger charge is -1.88. The minimum Gasteiger partial charge on any atom is -0.369 e. The molecule has 0 unspecified atom stereocenters. The third kappa shape index (κ3) is 4.43. The maximum absolute atomic E-state index is 7.83. The molecule has 0 radical (unpaired) electrons. The Bertz CT molecular complexity index is 140. The van der Waals surface area contributed by atoms with Crippen molar-refractivity contribution in [2.45, 2.75) is 0 Å². The van der Waals surface area contributed by atoms with E-state index in [1.807, 2.05) is 0 Å². The van der Waals surface area contributed by atoms with Crippen molar-refractivity contribution in [1.82, 2.24) is 5.43 Å². The molecule has 0 heterocycles. The fourth-order valence-electron chi connectivity index (χ4n) is 0.131. The normalized spacial score (nSPS) is 8.38. The Hall–Kier alpha value is -1.57. The van der Waals surface area contributed by atoms with Crippen molar-refractivity contribution in [3.05, 3.63) is 0 Å². The number of nitriles is 1. The molecule has 0 aromatic rings. The monoisotopic (exact) mass is 111 g/mol. The summed E-state index contributed by atoms with van der Waals surface area (Å²) >= 11 is 0. The van der Waals surface area contributed by atoms with Crippen molar-refractivity contribution >= 4 is 12.2 Å². The number of hydrogen-bond acceptors (Lipinski definition) is 3. The Labute approximate surface area is 46.3 Å². The van der Waals surface area contributed by atoms with Gasteiger partial charge in [0, 0.05) is 0 Å². The van der Waals surface area contributed by atoms with E-state index >= 15 is 0 Å². The molecule has 0 saturated heterocycles. The highest BCUT2D eigenvalue weighted by atomic mass is 15.3. The first kappa shape index (κ1) is 6.43. The van der Waals surface area contributed by atoms with Gasteiger partial charge in [0.05, 0.1) is 0 Å². The summed E-state index contributed by atoms with van der Waals surface area (Å²) in [5.74, 6) is -0.281. The van der Waals surface area contributed by atoms with Crippen molar-refractivity contribution in [1.29, 1.82) is 10.7 Å². The number of hydrogen-bond donors (Lipinski definition) is 3. The van der Waals surface area contributed by atoms with Crippen molar-refractivity contribution < 1.29 is 0 Å². The zero-order valence-corrected chi connectivity index (χ0v) is 4.05. The molecule has 0 aromatic carbocycles. The standard InChI is InChI=1S/C3H5N5/c4-1-2-7-8-3(5)6/h2H,(H4,5,6,8). The molecule has 0 amide bonds. The summed E-state index contributed by atoms with van der Waals surface area (Å²) in [4.78, 5) is 0. The highest BCUT2D eigenvalue weighted by Crippen LogP contribution is 1.50. The van der Waals surface area contributed by atoms with Gasteiger partial charge in [0.1, 0.15) is 12.3 Å². The van der Waals surface area contributed by atoms with Gasteiger partial charge in [-0.05, 0) is 0 Å². The molecule has 0 rings (SSSR count). The second-order valence-corrected chi connectivity index (χ2v) is 0.913. The van der Waals surface area contributed by atoms with Gasteiger partial charge in [-0.25, -0.2) is 5.43 Å². The number of rotatable bonds is 1. The largest absolute Gasteiger partial charge is 0.369 e. The van der Waals surface area contributed by atoms with E-state index in [4.69, 9.17) is 16.4 Å². The summed E-state index contributed by atoms with van der Waals surface area (Å²) in [5.41, 5.74) is 6.84. The van der Waals surface area contributed by atoms with Crippen LogP contribution in [0, 0.1) is 16.7 Å². The van der Waals surface area contributed by atoms with Crippen LogP contribution in [-0.4, -0.2) is 12.2 Å². The van der Waals surface area contributed by atoms with Gasteiger partial charge in [0.2, 0.25) is 5.96 Å². The lowest BCUT2D eigenvalue weighted by Crippen LogP contribution is -2.25. The number of nitrogens with two attached hydrogens (primary N) is 1. The minimum absolute atomic E-state index is 0.281. The lowest BCUT2D eigenvalue weighted by molar-refractivity contribution is 1.00. The maximum atomic E-state index is 7.83. The summed E-state index contributed by atoms with van der Waals surface area (Å²) in [6.07, 6.45) is 0.946. The first-order chi connectivity index (χ1) is 3.77. The molecule has 0 aromatic heterocycles. The molecule has 0 atom stereocenters.